The molecule has 0 unspecified atom stereocenters. The van der Waals surface area contributed by atoms with Gasteiger partial charge in [0.2, 0.25) is 0 Å². The number of nitrogens with two attached hydrogens (primary N) is 1. The topological polar surface area (TPSA) is 47.3 Å². The van der Waals surface area contributed by atoms with Crippen LogP contribution in [0, 0.1) is 5.82 Å². The summed E-state index contributed by atoms with van der Waals surface area (Å²) in [4.78, 5) is 0. The molecule has 3 N–H and O–H groups in total. The van der Waals surface area contributed by atoms with Crippen molar-refractivity contribution in [1.82, 2.24) is 5.43 Å². The summed E-state index contributed by atoms with van der Waals surface area (Å²) < 4.78 is 17.9. The molecule has 0 radical (unpaired) electrons. The molecule has 4 heteroatoms. The fourth-order valence-corrected chi connectivity index (χ4v) is 1.43. The molecule has 1 aromatic carbocycles. The van der Waals surface area contributed by atoms with Gasteiger partial charge in [0.25, 0.3) is 0 Å². The first-order chi connectivity index (χ1) is 6.27. The van der Waals surface area contributed by atoms with Gasteiger partial charge in [-0.05, 0) is 17.7 Å². The monoisotopic (exact) mass is 182 g/mol. The summed E-state index contributed by atoms with van der Waals surface area (Å²) in [6.07, 6.45) is 0. The minimum absolute atomic E-state index is 0.251. The van der Waals surface area contributed by atoms with E-state index < -0.39 is 0 Å². The van der Waals surface area contributed by atoms with E-state index >= 15 is 0 Å². The van der Waals surface area contributed by atoms with Gasteiger partial charge in [0.15, 0.2) is 0 Å². The first-order valence-corrected chi connectivity index (χ1v) is 4.08. The van der Waals surface area contributed by atoms with E-state index in [9.17, 15) is 4.39 Å². The average molecular weight is 182 g/mol. The average Bonchev–Trinajstić information content (AvgIpc) is 2.03. The van der Waals surface area contributed by atoms with Crippen molar-refractivity contribution in [2.75, 3.05) is 13.2 Å². The van der Waals surface area contributed by atoms with Crippen molar-refractivity contribution >= 4 is 0 Å². The number of rotatable bonds is 2. The Bertz CT molecular complexity index is 307. The lowest BCUT2D eigenvalue weighted by Gasteiger charge is -2.41. The number of benzene rings is 1. The number of halogens is 1. The molecule has 1 heterocycles. The van der Waals surface area contributed by atoms with Crippen molar-refractivity contribution in [2.24, 2.45) is 5.84 Å². The summed E-state index contributed by atoms with van der Waals surface area (Å²) in [5.74, 6) is 5.15. The van der Waals surface area contributed by atoms with Gasteiger partial charge in [-0.3, -0.25) is 5.84 Å². The highest BCUT2D eigenvalue weighted by Crippen LogP contribution is 2.28. The lowest BCUT2D eigenvalue weighted by atomic mass is 9.89. The zero-order valence-corrected chi connectivity index (χ0v) is 7.09. The van der Waals surface area contributed by atoms with E-state index in [2.05, 4.69) is 5.43 Å². The normalized spacial score (nSPS) is 19.5. The van der Waals surface area contributed by atoms with Gasteiger partial charge >= 0.3 is 0 Å². The van der Waals surface area contributed by atoms with Crippen molar-refractivity contribution in [1.29, 1.82) is 0 Å². The van der Waals surface area contributed by atoms with Crippen LogP contribution in [0.2, 0.25) is 0 Å². The van der Waals surface area contributed by atoms with E-state index in [1.807, 2.05) is 6.07 Å². The number of nitrogens with one attached hydrogen (secondary N) is 1. The van der Waals surface area contributed by atoms with Crippen LogP contribution in [0.15, 0.2) is 24.3 Å². The van der Waals surface area contributed by atoms with Crippen molar-refractivity contribution in [2.45, 2.75) is 5.54 Å². The molecule has 3 nitrogen and oxygen atoms in total. The Morgan fingerprint density at radius 2 is 2.23 bits per heavy atom. The highest BCUT2D eigenvalue weighted by atomic mass is 19.1. The molecule has 70 valence electrons. The maximum Gasteiger partial charge on any atom is 0.123 e. The van der Waals surface area contributed by atoms with E-state index in [1.54, 1.807) is 6.07 Å². The number of hydrogen-bond acceptors (Lipinski definition) is 3. The van der Waals surface area contributed by atoms with E-state index in [0.29, 0.717) is 13.2 Å². The highest BCUT2D eigenvalue weighted by Gasteiger charge is 2.39. The summed E-state index contributed by atoms with van der Waals surface area (Å²) >= 11 is 0. The largest absolute Gasteiger partial charge is 0.377 e. The number of hydrogen-bond donors (Lipinski definition) is 2. The highest BCUT2D eigenvalue weighted by molar-refractivity contribution is 5.27. The number of ether oxygens (including phenoxy) is 1. The van der Waals surface area contributed by atoms with Crippen LogP contribution in [0.25, 0.3) is 0 Å². The summed E-state index contributed by atoms with van der Waals surface area (Å²) in [6, 6.07) is 6.39. The Morgan fingerprint density at radius 1 is 1.46 bits per heavy atom. The minimum atomic E-state index is -0.387. The van der Waals surface area contributed by atoms with Gasteiger partial charge < -0.3 is 4.74 Å². The van der Waals surface area contributed by atoms with Crippen molar-refractivity contribution in [3.8, 4) is 0 Å². The summed E-state index contributed by atoms with van der Waals surface area (Å²) in [6.45, 7) is 0.986. The van der Waals surface area contributed by atoms with Crippen LogP contribution in [0.5, 0.6) is 0 Å². The molecule has 1 aliphatic heterocycles. The van der Waals surface area contributed by atoms with E-state index in [0.717, 1.165) is 5.56 Å². The van der Waals surface area contributed by atoms with Crippen LogP contribution < -0.4 is 11.3 Å². The fraction of sp³-hybridized carbons (Fsp3) is 0.333. The lowest BCUT2D eigenvalue weighted by Crippen LogP contribution is -2.60. The fourth-order valence-electron chi connectivity index (χ4n) is 1.43. The zero-order chi connectivity index (χ0) is 9.31. The van der Waals surface area contributed by atoms with Crippen molar-refractivity contribution in [3.05, 3.63) is 35.6 Å². The Hall–Kier alpha value is -0.970. The van der Waals surface area contributed by atoms with Crippen LogP contribution >= 0.6 is 0 Å². The molecule has 0 aliphatic carbocycles. The molecule has 0 bridgehead atoms. The third-order valence-electron chi connectivity index (χ3n) is 2.35. The standard InChI is InChI=1S/C9H11FN2O/c10-8-3-1-2-7(4-8)9(12-11)5-13-6-9/h1-4,12H,5-6,11H2. The third-order valence-corrected chi connectivity index (χ3v) is 2.35. The maximum atomic E-state index is 12.9. The van der Waals surface area contributed by atoms with Crippen LogP contribution in [0.1, 0.15) is 5.56 Å². The maximum absolute atomic E-state index is 12.9. The smallest absolute Gasteiger partial charge is 0.123 e. The van der Waals surface area contributed by atoms with Gasteiger partial charge in [-0.1, -0.05) is 12.1 Å². The van der Waals surface area contributed by atoms with Crippen LogP contribution in [0.3, 0.4) is 0 Å². The first kappa shape index (κ1) is 8.62. The minimum Gasteiger partial charge on any atom is -0.377 e. The Kier molecular flexibility index (Phi) is 2.03. The predicted molar refractivity (Wildman–Crippen MR) is 46.2 cm³/mol. The number of hydrazine groups is 1. The SMILES string of the molecule is NNC1(c2cccc(F)c2)COC1. The second-order valence-electron chi connectivity index (χ2n) is 3.23. The van der Waals surface area contributed by atoms with Crippen molar-refractivity contribution < 1.29 is 9.13 Å². The second-order valence-corrected chi connectivity index (χ2v) is 3.23. The zero-order valence-electron chi connectivity index (χ0n) is 7.09. The van der Waals surface area contributed by atoms with Gasteiger partial charge in [0, 0.05) is 0 Å². The Morgan fingerprint density at radius 3 is 2.69 bits per heavy atom. The molecule has 0 atom stereocenters. The summed E-state index contributed by atoms with van der Waals surface area (Å²) in [5.41, 5.74) is 3.11. The van der Waals surface area contributed by atoms with Crippen LogP contribution in [-0.4, -0.2) is 13.2 Å². The van der Waals surface area contributed by atoms with Gasteiger partial charge in [-0.2, -0.15) is 0 Å². The molecule has 1 fully saturated rings. The molecule has 1 saturated heterocycles. The van der Waals surface area contributed by atoms with Gasteiger partial charge in [-0.15, -0.1) is 0 Å². The molecule has 13 heavy (non-hydrogen) atoms. The quantitative estimate of drug-likeness (QED) is 0.517. The predicted octanol–water partition coefficient (Wildman–Crippen LogP) is 0.514. The molecular formula is C9H11FN2O. The molecule has 0 aromatic heterocycles. The Labute approximate surface area is 75.7 Å². The van der Waals surface area contributed by atoms with Gasteiger partial charge in [0.1, 0.15) is 11.4 Å². The van der Waals surface area contributed by atoms with Crippen LogP contribution in [-0.2, 0) is 10.3 Å². The summed E-state index contributed by atoms with van der Waals surface area (Å²) in [5, 5.41) is 0. The molecule has 2 rings (SSSR count). The van der Waals surface area contributed by atoms with E-state index in [1.165, 1.54) is 12.1 Å². The van der Waals surface area contributed by atoms with Gasteiger partial charge in [-0.25, -0.2) is 9.82 Å². The van der Waals surface area contributed by atoms with Gasteiger partial charge in [0.05, 0.1) is 13.2 Å². The van der Waals surface area contributed by atoms with Crippen LogP contribution in [0.4, 0.5) is 4.39 Å². The molecular weight excluding hydrogens is 171 g/mol. The third kappa shape index (κ3) is 1.33. The molecule has 0 spiro atoms. The molecule has 0 saturated carbocycles. The molecule has 0 amide bonds. The van der Waals surface area contributed by atoms with Crippen molar-refractivity contribution in [3.63, 3.8) is 0 Å². The molecule has 1 aromatic rings. The lowest BCUT2D eigenvalue weighted by molar-refractivity contribution is -0.0788. The summed E-state index contributed by atoms with van der Waals surface area (Å²) in [7, 11) is 0. The first-order valence-electron chi connectivity index (χ1n) is 4.08. The van der Waals surface area contributed by atoms with E-state index in [-0.39, 0.29) is 11.4 Å². The second kappa shape index (κ2) is 3.06. The molecule has 1 aliphatic rings. The Balaban J connectivity index is 2.33. The van der Waals surface area contributed by atoms with E-state index in [4.69, 9.17) is 10.6 Å².